The summed E-state index contributed by atoms with van der Waals surface area (Å²) in [6.45, 7) is 7.91. The SMILES string of the molecule is CCNC(=NCC(C)Oc1cccc(OC)c1)NCCC1=CCOCC1.I. The fourth-order valence-corrected chi connectivity index (χ4v) is 2.64. The van der Waals surface area contributed by atoms with Gasteiger partial charge in [-0.05, 0) is 38.8 Å². The van der Waals surface area contributed by atoms with E-state index in [9.17, 15) is 0 Å². The number of hydrogen-bond donors (Lipinski definition) is 2. The topological polar surface area (TPSA) is 64.1 Å². The molecule has 0 amide bonds. The van der Waals surface area contributed by atoms with Crippen LogP contribution in [0.3, 0.4) is 0 Å². The molecule has 0 aromatic heterocycles. The average Bonchev–Trinajstić information content (AvgIpc) is 2.67. The molecule has 152 valence electrons. The second-order valence-corrected chi connectivity index (χ2v) is 6.19. The molecule has 1 heterocycles. The summed E-state index contributed by atoms with van der Waals surface area (Å²) in [7, 11) is 1.65. The molecule has 6 nitrogen and oxygen atoms in total. The Bertz CT molecular complexity index is 608. The zero-order valence-electron chi connectivity index (χ0n) is 16.5. The third-order valence-electron chi connectivity index (χ3n) is 4.03. The lowest BCUT2D eigenvalue weighted by Crippen LogP contribution is -2.38. The summed E-state index contributed by atoms with van der Waals surface area (Å²) in [5.41, 5.74) is 1.45. The predicted octanol–water partition coefficient (Wildman–Crippen LogP) is 3.37. The molecule has 0 radical (unpaired) electrons. The van der Waals surface area contributed by atoms with E-state index in [4.69, 9.17) is 14.2 Å². The Balaban J connectivity index is 0.00000364. The molecule has 0 saturated carbocycles. The van der Waals surface area contributed by atoms with Gasteiger partial charge in [0.25, 0.3) is 0 Å². The summed E-state index contributed by atoms with van der Waals surface area (Å²) in [5.74, 6) is 2.40. The number of halogens is 1. The first-order valence-electron chi connectivity index (χ1n) is 9.29. The summed E-state index contributed by atoms with van der Waals surface area (Å²) >= 11 is 0. The summed E-state index contributed by atoms with van der Waals surface area (Å²) in [6, 6.07) is 7.62. The minimum atomic E-state index is -0.0317. The number of hydrogen-bond acceptors (Lipinski definition) is 4. The normalized spacial score (nSPS) is 15.2. The summed E-state index contributed by atoms with van der Waals surface area (Å²) < 4.78 is 16.5. The van der Waals surface area contributed by atoms with Crippen LogP contribution in [0.2, 0.25) is 0 Å². The van der Waals surface area contributed by atoms with Gasteiger partial charge in [-0.2, -0.15) is 0 Å². The largest absolute Gasteiger partial charge is 0.497 e. The number of benzene rings is 1. The summed E-state index contributed by atoms with van der Waals surface area (Å²) in [5, 5.41) is 6.66. The number of ether oxygens (including phenoxy) is 3. The van der Waals surface area contributed by atoms with Gasteiger partial charge in [0, 0.05) is 19.2 Å². The number of rotatable bonds is 9. The van der Waals surface area contributed by atoms with Gasteiger partial charge in [0.15, 0.2) is 5.96 Å². The Morgan fingerprint density at radius 2 is 2.11 bits per heavy atom. The number of nitrogens with one attached hydrogen (secondary N) is 2. The van der Waals surface area contributed by atoms with E-state index in [1.54, 1.807) is 7.11 Å². The maximum Gasteiger partial charge on any atom is 0.191 e. The van der Waals surface area contributed by atoms with E-state index >= 15 is 0 Å². The number of methoxy groups -OCH3 is 1. The fourth-order valence-electron chi connectivity index (χ4n) is 2.64. The Morgan fingerprint density at radius 3 is 2.81 bits per heavy atom. The van der Waals surface area contributed by atoms with Crippen LogP contribution >= 0.6 is 24.0 Å². The molecule has 1 aromatic carbocycles. The molecular weight excluding hydrogens is 457 g/mol. The predicted molar refractivity (Wildman–Crippen MR) is 121 cm³/mol. The van der Waals surface area contributed by atoms with Crippen LogP contribution in [0.15, 0.2) is 40.9 Å². The van der Waals surface area contributed by atoms with Crippen LogP contribution in [0.1, 0.15) is 26.7 Å². The first-order valence-corrected chi connectivity index (χ1v) is 9.29. The highest BCUT2D eigenvalue weighted by atomic mass is 127. The van der Waals surface area contributed by atoms with Crippen LogP contribution < -0.4 is 20.1 Å². The minimum absolute atomic E-state index is 0. The molecular formula is C20H32IN3O3. The van der Waals surface area contributed by atoms with E-state index in [-0.39, 0.29) is 30.1 Å². The molecule has 0 fully saturated rings. The second kappa shape index (κ2) is 13.7. The Kier molecular flexibility index (Phi) is 11.9. The zero-order chi connectivity index (χ0) is 18.6. The van der Waals surface area contributed by atoms with E-state index in [0.717, 1.165) is 56.6 Å². The minimum Gasteiger partial charge on any atom is -0.497 e. The highest BCUT2D eigenvalue weighted by Crippen LogP contribution is 2.19. The van der Waals surface area contributed by atoms with E-state index in [1.165, 1.54) is 5.57 Å². The van der Waals surface area contributed by atoms with Gasteiger partial charge >= 0.3 is 0 Å². The van der Waals surface area contributed by atoms with E-state index in [0.29, 0.717) is 6.54 Å². The number of nitrogens with zero attached hydrogens (tertiary/aromatic N) is 1. The Morgan fingerprint density at radius 1 is 1.30 bits per heavy atom. The third-order valence-corrected chi connectivity index (χ3v) is 4.03. The monoisotopic (exact) mass is 489 g/mol. The molecule has 0 bridgehead atoms. The van der Waals surface area contributed by atoms with Crippen molar-refractivity contribution in [1.29, 1.82) is 0 Å². The first-order chi connectivity index (χ1) is 12.7. The second-order valence-electron chi connectivity index (χ2n) is 6.19. The molecule has 1 aliphatic rings. The molecule has 7 heteroatoms. The van der Waals surface area contributed by atoms with Crippen molar-refractivity contribution in [2.75, 3.05) is 40.0 Å². The van der Waals surface area contributed by atoms with Crippen LogP contribution in [0.4, 0.5) is 0 Å². The van der Waals surface area contributed by atoms with Gasteiger partial charge in [-0.1, -0.05) is 17.7 Å². The molecule has 27 heavy (non-hydrogen) atoms. The van der Waals surface area contributed by atoms with Crippen molar-refractivity contribution in [3.05, 3.63) is 35.9 Å². The number of aliphatic imine (C=N–C) groups is 1. The highest BCUT2D eigenvalue weighted by Gasteiger charge is 2.07. The van der Waals surface area contributed by atoms with Crippen LogP contribution in [0.25, 0.3) is 0 Å². The molecule has 1 unspecified atom stereocenters. The summed E-state index contributed by atoms with van der Waals surface area (Å²) in [4.78, 5) is 4.63. The van der Waals surface area contributed by atoms with Gasteiger partial charge in [0.2, 0.25) is 0 Å². The van der Waals surface area contributed by atoms with E-state index in [2.05, 4.69) is 28.6 Å². The molecule has 1 aliphatic heterocycles. The summed E-state index contributed by atoms with van der Waals surface area (Å²) in [6.07, 6.45) is 4.19. The Labute approximate surface area is 179 Å². The van der Waals surface area contributed by atoms with Crippen molar-refractivity contribution >= 4 is 29.9 Å². The maximum absolute atomic E-state index is 5.92. The molecule has 1 atom stereocenters. The lowest BCUT2D eigenvalue weighted by atomic mass is 10.1. The van der Waals surface area contributed by atoms with Crippen LogP contribution in [-0.2, 0) is 4.74 Å². The molecule has 2 rings (SSSR count). The van der Waals surface area contributed by atoms with Crippen molar-refractivity contribution in [2.24, 2.45) is 4.99 Å². The lowest BCUT2D eigenvalue weighted by molar-refractivity contribution is 0.153. The number of guanidine groups is 1. The van der Waals surface area contributed by atoms with Gasteiger partial charge in [0.1, 0.15) is 17.6 Å². The molecule has 1 aromatic rings. The lowest BCUT2D eigenvalue weighted by Gasteiger charge is -2.17. The van der Waals surface area contributed by atoms with Crippen LogP contribution in [-0.4, -0.2) is 52.0 Å². The van der Waals surface area contributed by atoms with Crippen LogP contribution in [0.5, 0.6) is 11.5 Å². The fraction of sp³-hybridized carbons (Fsp3) is 0.550. The van der Waals surface area contributed by atoms with Crippen molar-refractivity contribution in [2.45, 2.75) is 32.8 Å². The maximum atomic E-state index is 5.92. The molecule has 0 spiro atoms. The van der Waals surface area contributed by atoms with Crippen molar-refractivity contribution in [3.8, 4) is 11.5 Å². The first kappa shape index (κ1) is 23.6. The van der Waals surface area contributed by atoms with Gasteiger partial charge in [-0.25, -0.2) is 4.99 Å². The van der Waals surface area contributed by atoms with E-state index in [1.807, 2.05) is 31.2 Å². The molecule has 0 saturated heterocycles. The van der Waals surface area contributed by atoms with Gasteiger partial charge in [0.05, 0.1) is 26.9 Å². The zero-order valence-corrected chi connectivity index (χ0v) is 18.8. The van der Waals surface area contributed by atoms with Gasteiger partial charge < -0.3 is 24.8 Å². The standard InChI is InChI=1S/C20H31N3O3.HI/c1-4-21-20(22-11-8-17-9-12-25-13-10-17)23-15-16(2)26-19-7-5-6-18(14-19)24-3;/h5-7,9,14,16H,4,8,10-13,15H2,1-3H3,(H2,21,22,23);1H. The molecule has 0 aliphatic carbocycles. The molecule has 2 N–H and O–H groups in total. The van der Waals surface area contributed by atoms with Crippen molar-refractivity contribution in [3.63, 3.8) is 0 Å². The van der Waals surface area contributed by atoms with E-state index < -0.39 is 0 Å². The highest BCUT2D eigenvalue weighted by molar-refractivity contribution is 14.0. The van der Waals surface area contributed by atoms with Gasteiger partial charge in [-0.15, -0.1) is 24.0 Å². The Hall–Kier alpha value is -1.48. The quantitative estimate of drug-likeness (QED) is 0.241. The third kappa shape index (κ3) is 9.32. The van der Waals surface area contributed by atoms with Crippen molar-refractivity contribution < 1.29 is 14.2 Å². The smallest absolute Gasteiger partial charge is 0.191 e. The van der Waals surface area contributed by atoms with Gasteiger partial charge in [-0.3, -0.25) is 0 Å². The van der Waals surface area contributed by atoms with Crippen molar-refractivity contribution in [1.82, 2.24) is 10.6 Å². The van der Waals surface area contributed by atoms with Crippen LogP contribution in [0, 0.1) is 0 Å². The average molecular weight is 489 g/mol.